The number of amides is 1. The Kier molecular flexibility index (Phi) is 2.57. The molecule has 1 amide bonds. The summed E-state index contributed by atoms with van der Waals surface area (Å²) in [5.41, 5.74) is 0.431. The van der Waals surface area contributed by atoms with Gasteiger partial charge in [0.25, 0.3) is 5.91 Å². The van der Waals surface area contributed by atoms with Crippen LogP contribution < -0.4 is 5.32 Å². The molecule has 0 unspecified atom stereocenters. The van der Waals surface area contributed by atoms with Crippen molar-refractivity contribution in [2.24, 2.45) is 0 Å². The molecule has 1 saturated carbocycles. The van der Waals surface area contributed by atoms with Gasteiger partial charge in [-0.25, -0.2) is 4.79 Å². The minimum Gasteiger partial charge on any atom is -0.480 e. The van der Waals surface area contributed by atoms with Crippen molar-refractivity contribution in [1.29, 1.82) is 0 Å². The summed E-state index contributed by atoms with van der Waals surface area (Å²) in [6.45, 7) is 3.40. The first kappa shape index (κ1) is 11.5. The van der Waals surface area contributed by atoms with Gasteiger partial charge in [0.15, 0.2) is 0 Å². The van der Waals surface area contributed by atoms with E-state index in [1.165, 1.54) is 0 Å². The number of carbonyl (C=O) groups excluding carboxylic acids is 1. The zero-order valence-electron chi connectivity index (χ0n) is 9.65. The molecule has 1 aromatic rings. The molecule has 17 heavy (non-hydrogen) atoms. The number of nitrogens with zero attached hydrogens (tertiary/aromatic N) is 2. The highest BCUT2D eigenvalue weighted by Gasteiger charge is 2.51. The number of rotatable bonds is 3. The van der Waals surface area contributed by atoms with E-state index in [4.69, 9.17) is 5.11 Å². The van der Waals surface area contributed by atoms with Crippen LogP contribution in [0.3, 0.4) is 0 Å². The largest absolute Gasteiger partial charge is 0.480 e. The maximum Gasteiger partial charge on any atom is 0.329 e. The van der Waals surface area contributed by atoms with E-state index in [-0.39, 0.29) is 0 Å². The quantitative estimate of drug-likeness (QED) is 0.793. The molecule has 0 radical (unpaired) electrons. The third-order valence-electron chi connectivity index (χ3n) is 2.86. The van der Waals surface area contributed by atoms with Gasteiger partial charge in [0.1, 0.15) is 5.54 Å². The lowest BCUT2D eigenvalue weighted by Crippen LogP contribution is -2.43. The van der Waals surface area contributed by atoms with E-state index in [0.29, 0.717) is 29.8 Å². The van der Waals surface area contributed by atoms with Crippen LogP contribution in [0.5, 0.6) is 0 Å². The molecular formula is C11H13N3O3. The normalized spacial score (nSPS) is 16.4. The van der Waals surface area contributed by atoms with Gasteiger partial charge in [0.05, 0.1) is 17.0 Å². The number of hydrogen-bond acceptors (Lipinski definition) is 4. The molecule has 0 aliphatic heterocycles. The molecule has 6 nitrogen and oxygen atoms in total. The van der Waals surface area contributed by atoms with Crippen LogP contribution in [0.4, 0.5) is 0 Å². The van der Waals surface area contributed by atoms with E-state index in [2.05, 4.69) is 15.5 Å². The summed E-state index contributed by atoms with van der Waals surface area (Å²) in [5, 5.41) is 19.2. The summed E-state index contributed by atoms with van der Waals surface area (Å²) < 4.78 is 0. The van der Waals surface area contributed by atoms with Crippen molar-refractivity contribution in [3.63, 3.8) is 0 Å². The predicted octanol–water partition coefficient (Wildman–Crippen LogP) is 0.440. The Labute approximate surface area is 98.1 Å². The van der Waals surface area contributed by atoms with Crippen molar-refractivity contribution < 1.29 is 14.7 Å². The molecule has 1 heterocycles. The van der Waals surface area contributed by atoms with E-state index in [9.17, 15) is 9.59 Å². The average molecular weight is 235 g/mol. The molecule has 0 bridgehead atoms. The van der Waals surface area contributed by atoms with Gasteiger partial charge in [-0.2, -0.15) is 10.2 Å². The summed E-state index contributed by atoms with van der Waals surface area (Å²) in [5.74, 6) is -1.39. The van der Waals surface area contributed by atoms with Crippen LogP contribution in [-0.4, -0.2) is 32.7 Å². The lowest BCUT2D eigenvalue weighted by Gasteiger charge is -2.13. The van der Waals surface area contributed by atoms with E-state index >= 15 is 0 Å². The Balaban J connectivity index is 2.21. The second-order valence-electron chi connectivity index (χ2n) is 4.33. The van der Waals surface area contributed by atoms with Gasteiger partial charge >= 0.3 is 5.97 Å². The van der Waals surface area contributed by atoms with Crippen LogP contribution in [0.25, 0.3) is 0 Å². The molecule has 0 saturated heterocycles. The lowest BCUT2D eigenvalue weighted by molar-refractivity contribution is -0.140. The third-order valence-corrected chi connectivity index (χ3v) is 2.86. The molecule has 6 heteroatoms. The van der Waals surface area contributed by atoms with Gasteiger partial charge in [-0.1, -0.05) is 0 Å². The van der Waals surface area contributed by atoms with E-state index < -0.39 is 17.4 Å². The monoisotopic (exact) mass is 235 g/mol. The molecule has 2 N–H and O–H groups in total. The first-order valence-corrected chi connectivity index (χ1v) is 5.31. The highest BCUT2D eigenvalue weighted by atomic mass is 16.4. The summed E-state index contributed by atoms with van der Waals surface area (Å²) in [7, 11) is 0. The van der Waals surface area contributed by atoms with Crippen LogP contribution in [0.15, 0.2) is 6.07 Å². The molecule has 1 aromatic heterocycles. The van der Waals surface area contributed by atoms with Crippen LogP contribution in [0.2, 0.25) is 0 Å². The molecule has 1 aliphatic rings. The maximum absolute atomic E-state index is 11.9. The van der Waals surface area contributed by atoms with Crippen molar-refractivity contribution in [2.45, 2.75) is 32.2 Å². The topological polar surface area (TPSA) is 92.2 Å². The maximum atomic E-state index is 11.9. The Morgan fingerprint density at radius 1 is 1.35 bits per heavy atom. The molecule has 2 rings (SSSR count). The Bertz CT molecular complexity index is 495. The molecule has 0 spiro atoms. The molecule has 1 fully saturated rings. The number of aryl methyl sites for hydroxylation is 2. The van der Waals surface area contributed by atoms with Gasteiger partial charge in [0, 0.05) is 0 Å². The molecular weight excluding hydrogens is 222 g/mol. The number of hydrogen-bond donors (Lipinski definition) is 2. The van der Waals surface area contributed by atoms with Gasteiger partial charge in [-0.15, -0.1) is 0 Å². The fourth-order valence-corrected chi connectivity index (χ4v) is 1.58. The predicted molar refractivity (Wildman–Crippen MR) is 58.6 cm³/mol. The Morgan fingerprint density at radius 2 is 2.00 bits per heavy atom. The van der Waals surface area contributed by atoms with Crippen LogP contribution in [0.1, 0.15) is 34.6 Å². The Hall–Kier alpha value is -1.98. The SMILES string of the molecule is Cc1cc(C(=O)NC2(C(=O)O)CC2)c(C)nn1. The van der Waals surface area contributed by atoms with Gasteiger partial charge < -0.3 is 10.4 Å². The number of aromatic nitrogens is 2. The van der Waals surface area contributed by atoms with Crippen molar-refractivity contribution in [3.8, 4) is 0 Å². The zero-order chi connectivity index (χ0) is 12.6. The van der Waals surface area contributed by atoms with E-state index in [1.807, 2.05) is 0 Å². The van der Waals surface area contributed by atoms with Crippen molar-refractivity contribution >= 4 is 11.9 Å². The summed E-state index contributed by atoms with van der Waals surface area (Å²) in [4.78, 5) is 22.9. The summed E-state index contributed by atoms with van der Waals surface area (Å²) in [6.07, 6.45) is 0.954. The number of carbonyl (C=O) groups is 2. The Morgan fingerprint density at radius 3 is 2.53 bits per heavy atom. The number of carboxylic acids is 1. The smallest absolute Gasteiger partial charge is 0.329 e. The summed E-state index contributed by atoms with van der Waals surface area (Å²) >= 11 is 0. The molecule has 90 valence electrons. The first-order valence-electron chi connectivity index (χ1n) is 5.31. The second-order valence-corrected chi connectivity index (χ2v) is 4.33. The average Bonchev–Trinajstić information content (AvgIpc) is 3.02. The molecule has 0 aromatic carbocycles. The zero-order valence-corrected chi connectivity index (χ0v) is 9.65. The summed E-state index contributed by atoms with van der Waals surface area (Å²) in [6, 6.07) is 1.61. The standard InChI is InChI=1S/C11H13N3O3/c1-6-5-8(7(2)14-13-6)9(15)12-11(3-4-11)10(16)17/h5H,3-4H2,1-2H3,(H,12,15)(H,16,17). The fourth-order valence-electron chi connectivity index (χ4n) is 1.58. The van der Waals surface area contributed by atoms with Crippen LogP contribution in [-0.2, 0) is 4.79 Å². The number of aliphatic carboxylic acids is 1. The van der Waals surface area contributed by atoms with Crippen molar-refractivity contribution in [2.75, 3.05) is 0 Å². The second kappa shape index (κ2) is 3.80. The van der Waals surface area contributed by atoms with Gasteiger partial charge in [0.2, 0.25) is 0 Å². The van der Waals surface area contributed by atoms with E-state index in [0.717, 1.165) is 0 Å². The highest BCUT2D eigenvalue weighted by Crippen LogP contribution is 2.35. The van der Waals surface area contributed by atoms with Gasteiger partial charge in [-0.3, -0.25) is 4.79 Å². The minimum atomic E-state index is -1.07. The van der Waals surface area contributed by atoms with Crippen LogP contribution >= 0.6 is 0 Å². The third kappa shape index (κ3) is 2.11. The van der Waals surface area contributed by atoms with Crippen molar-refractivity contribution in [3.05, 3.63) is 23.0 Å². The number of carboxylic acid groups (broad SMARTS) is 1. The molecule has 0 atom stereocenters. The van der Waals surface area contributed by atoms with Crippen LogP contribution in [0, 0.1) is 13.8 Å². The highest BCUT2D eigenvalue weighted by molar-refractivity contribution is 5.99. The minimum absolute atomic E-state index is 0.380. The van der Waals surface area contributed by atoms with Crippen molar-refractivity contribution in [1.82, 2.24) is 15.5 Å². The fraction of sp³-hybridized carbons (Fsp3) is 0.455. The van der Waals surface area contributed by atoms with E-state index in [1.54, 1.807) is 19.9 Å². The first-order chi connectivity index (χ1) is 7.94. The van der Waals surface area contributed by atoms with Gasteiger partial charge in [-0.05, 0) is 32.8 Å². The molecule has 1 aliphatic carbocycles. The lowest BCUT2D eigenvalue weighted by atomic mass is 10.1. The number of nitrogens with one attached hydrogen (secondary N) is 1.